The molecule has 0 radical (unpaired) electrons. The van der Waals surface area contributed by atoms with Crippen LogP contribution in [-0.2, 0) is 0 Å². The molecule has 0 aromatic carbocycles. The maximum absolute atomic E-state index is 9.21. The number of hydrogen-bond donors (Lipinski definition) is 0. The van der Waals surface area contributed by atoms with E-state index in [4.69, 9.17) is 0 Å². The third kappa shape index (κ3) is 5.22. The Labute approximate surface area is 110 Å². The summed E-state index contributed by atoms with van der Waals surface area (Å²) in [5, 5.41) is 9.61. The summed E-state index contributed by atoms with van der Waals surface area (Å²) in [5.41, 5.74) is 2.68. The first kappa shape index (κ1) is 16.7. The molecule has 1 unspecified atom stereocenters. The lowest BCUT2D eigenvalue weighted by Crippen LogP contribution is -2.35. The molecule has 0 spiro atoms. The van der Waals surface area contributed by atoms with E-state index in [-0.39, 0.29) is 5.54 Å². The molecule has 1 nitrogen and oxygen atoms in total. The summed E-state index contributed by atoms with van der Waals surface area (Å²) in [4.78, 5) is 0. The zero-order chi connectivity index (χ0) is 13.9. The minimum absolute atomic E-state index is 0.253. The van der Waals surface area contributed by atoms with Crippen LogP contribution in [0.15, 0.2) is 11.8 Å². The van der Waals surface area contributed by atoms with Gasteiger partial charge in [0.1, 0.15) is 0 Å². The van der Waals surface area contributed by atoms with Crippen molar-refractivity contribution in [2.45, 2.75) is 70.5 Å². The summed E-state index contributed by atoms with van der Waals surface area (Å²) in [6.07, 6.45) is 3.22. The van der Waals surface area contributed by atoms with E-state index >= 15 is 0 Å². The van der Waals surface area contributed by atoms with Crippen LogP contribution in [0, 0.1) is 11.3 Å². The van der Waals surface area contributed by atoms with Crippen LogP contribution in [0.2, 0.25) is 43.3 Å². The quantitative estimate of drug-likeness (QED) is 0.641. The molecule has 17 heavy (non-hydrogen) atoms. The molecule has 0 heterocycles. The molecule has 0 aromatic rings. The fourth-order valence-corrected chi connectivity index (χ4v) is 3.80. The molecule has 1 atom stereocenters. The van der Waals surface area contributed by atoms with Crippen LogP contribution in [-0.4, -0.2) is 16.1 Å². The van der Waals surface area contributed by atoms with E-state index in [1.807, 2.05) is 0 Å². The molecule has 0 aliphatic heterocycles. The Hall–Kier alpha value is -0.336. The van der Waals surface area contributed by atoms with Gasteiger partial charge in [-0.2, -0.15) is 5.26 Å². The second kappa shape index (κ2) is 5.54. The molecule has 0 bridgehead atoms. The Kier molecular flexibility index (Phi) is 5.43. The smallest absolute Gasteiger partial charge is 0.0766 e. The van der Waals surface area contributed by atoms with Gasteiger partial charge >= 0.3 is 0 Å². The van der Waals surface area contributed by atoms with Gasteiger partial charge in [-0.1, -0.05) is 65.3 Å². The third-order valence-electron chi connectivity index (χ3n) is 4.04. The highest BCUT2D eigenvalue weighted by molar-refractivity contribution is 6.84. The molecular formula is C14H29NSi2. The van der Waals surface area contributed by atoms with Crippen molar-refractivity contribution in [2.24, 2.45) is 0 Å². The highest BCUT2D eigenvalue weighted by Crippen LogP contribution is 2.37. The van der Waals surface area contributed by atoms with E-state index in [1.54, 1.807) is 0 Å². The van der Waals surface area contributed by atoms with Gasteiger partial charge in [-0.05, 0) is 11.5 Å². The topological polar surface area (TPSA) is 23.8 Å². The molecular weight excluding hydrogens is 238 g/mol. The van der Waals surface area contributed by atoms with Crippen LogP contribution in [0.3, 0.4) is 0 Å². The SMILES string of the molecule is CC(C)(C)[Si](C)(C)/C=C/CC(C#N)[Si](C)(C)C. The largest absolute Gasteiger partial charge is 0.198 e. The fraction of sp³-hybridized carbons (Fsp3) is 0.786. The van der Waals surface area contributed by atoms with Crippen LogP contribution < -0.4 is 0 Å². The van der Waals surface area contributed by atoms with Gasteiger partial charge in [-0.25, -0.2) is 0 Å². The van der Waals surface area contributed by atoms with Crippen LogP contribution in [0.5, 0.6) is 0 Å². The second-order valence-corrected chi connectivity index (χ2v) is 18.4. The molecule has 0 rings (SSSR count). The zero-order valence-electron chi connectivity index (χ0n) is 12.9. The van der Waals surface area contributed by atoms with E-state index in [1.165, 1.54) is 0 Å². The minimum Gasteiger partial charge on any atom is -0.198 e. The lowest BCUT2D eigenvalue weighted by molar-refractivity contribution is 0.728. The van der Waals surface area contributed by atoms with Gasteiger partial charge in [0.2, 0.25) is 0 Å². The minimum atomic E-state index is -1.33. The molecule has 0 amide bonds. The van der Waals surface area contributed by atoms with Gasteiger partial charge in [-0.3, -0.25) is 0 Å². The standard InChI is InChI=1S/C14H29NSi2/c1-14(2,3)17(7,8)11-9-10-13(12-15)16(4,5)6/h9,11,13H,10H2,1-8H3/b11-9+. The predicted octanol–water partition coefficient (Wildman–Crippen LogP) is 5.21. The number of nitriles is 1. The van der Waals surface area contributed by atoms with E-state index in [2.05, 4.69) is 71.4 Å². The second-order valence-electron chi connectivity index (χ2n) is 7.66. The van der Waals surface area contributed by atoms with E-state index in [0.717, 1.165) is 6.42 Å². The molecule has 3 heteroatoms. The highest BCUT2D eigenvalue weighted by Gasteiger charge is 2.32. The van der Waals surface area contributed by atoms with Crippen LogP contribution in [0.4, 0.5) is 0 Å². The van der Waals surface area contributed by atoms with Gasteiger partial charge < -0.3 is 0 Å². The number of allylic oxidation sites excluding steroid dienone is 1. The zero-order valence-corrected chi connectivity index (χ0v) is 14.9. The van der Waals surface area contributed by atoms with Crippen LogP contribution in [0.25, 0.3) is 0 Å². The molecule has 0 fully saturated rings. The van der Waals surface area contributed by atoms with Crippen molar-refractivity contribution in [2.75, 3.05) is 0 Å². The van der Waals surface area contributed by atoms with E-state index in [0.29, 0.717) is 5.04 Å². The summed E-state index contributed by atoms with van der Waals surface area (Å²) in [5.74, 6) is 0. The van der Waals surface area contributed by atoms with Crippen molar-refractivity contribution in [1.29, 1.82) is 5.26 Å². The van der Waals surface area contributed by atoms with Crippen molar-refractivity contribution < 1.29 is 0 Å². The Morgan fingerprint density at radius 2 is 1.59 bits per heavy atom. The summed E-state index contributed by atoms with van der Waals surface area (Å²) in [6.45, 7) is 18.6. The molecule has 98 valence electrons. The van der Waals surface area contributed by atoms with Crippen molar-refractivity contribution in [3.63, 3.8) is 0 Å². The number of hydrogen-bond acceptors (Lipinski definition) is 1. The monoisotopic (exact) mass is 267 g/mol. The lowest BCUT2D eigenvalue weighted by atomic mass is 10.2. The predicted molar refractivity (Wildman–Crippen MR) is 83.7 cm³/mol. The van der Waals surface area contributed by atoms with Gasteiger partial charge in [0.05, 0.1) is 22.2 Å². The maximum atomic E-state index is 9.21. The molecule has 0 aliphatic rings. The molecule has 0 saturated carbocycles. The molecule has 0 saturated heterocycles. The van der Waals surface area contributed by atoms with Crippen molar-refractivity contribution in [3.05, 3.63) is 11.8 Å². The average Bonchev–Trinajstić information content (AvgIpc) is 2.08. The van der Waals surface area contributed by atoms with Crippen molar-refractivity contribution >= 4 is 16.1 Å². The third-order valence-corrected chi connectivity index (χ3v) is 11.4. The number of rotatable bonds is 4. The van der Waals surface area contributed by atoms with E-state index in [9.17, 15) is 5.26 Å². The van der Waals surface area contributed by atoms with Gasteiger partial charge in [0.15, 0.2) is 0 Å². The van der Waals surface area contributed by atoms with Crippen LogP contribution in [0.1, 0.15) is 27.2 Å². The van der Waals surface area contributed by atoms with Gasteiger partial charge in [0, 0.05) is 5.54 Å². The Morgan fingerprint density at radius 1 is 1.12 bits per heavy atom. The normalized spacial score (nSPS) is 15.9. The fourth-order valence-electron chi connectivity index (χ4n) is 1.35. The van der Waals surface area contributed by atoms with E-state index < -0.39 is 16.1 Å². The summed E-state index contributed by atoms with van der Waals surface area (Å²) in [7, 11) is -2.64. The van der Waals surface area contributed by atoms with Gasteiger partial charge in [-0.15, -0.1) is 0 Å². The molecule has 0 N–H and O–H groups in total. The maximum Gasteiger partial charge on any atom is 0.0766 e. The summed E-state index contributed by atoms with van der Waals surface area (Å²) < 4.78 is 0. The first-order valence-electron chi connectivity index (χ1n) is 6.49. The Morgan fingerprint density at radius 3 is 1.88 bits per heavy atom. The first-order chi connectivity index (χ1) is 7.42. The van der Waals surface area contributed by atoms with Crippen molar-refractivity contribution in [1.82, 2.24) is 0 Å². The first-order valence-corrected chi connectivity index (χ1v) is 13.1. The average molecular weight is 268 g/mol. The highest BCUT2D eigenvalue weighted by atomic mass is 28.3. The van der Waals surface area contributed by atoms with Crippen LogP contribution >= 0.6 is 0 Å². The van der Waals surface area contributed by atoms with Crippen molar-refractivity contribution in [3.8, 4) is 6.07 Å². The lowest BCUT2D eigenvalue weighted by Gasteiger charge is -2.34. The summed E-state index contributed by atoms with van der Waals surface area (Å²) >= 11 is 0. The summed E-state index contributed by atoms with van der Waals surface area (Å²) in [6, 6.07) is 2.49. The molecule has 0 aliphatic carbocycles. The van der Waals surface area contributed by atoms with Gasteiger partial charge in [0.25, 0.3) is 0 Å². The Balaban J connectivity index is 4.64. The molecule has 0 aromatic heterocycles. The number of nitrogens with zero attached hydrogens (tertiary/aromatic N) is 1. The Bertz CT molecular complexity index is 311.